The van der Waals surface area contributed by atoms with E-state index < -0.39 is 12.0 Å². The number of benzene rings is 1. The predicted octanol–water partition coefficient (Wildman–Crippen LogP) is 3.17. The molecule has 94 valence electrons. The van der Waals surface area contributed by atoms with Crippen LogP contribution in [0.15, 0.2) is 24.3 Å². The van der Waals surface area contributed by atoms with E-state index in [4.69, 9.17) is 0 Å². The molecule has 1 heterocycles. The van der Waals surface area contributed by atoms with Gasteiger partial charge < -0.3 is 9.67 Å². The lowest BCUT2D eigenvalue weighted by Gasteiger charge is -2.18. The number of nitrogens with zero attached hydrogens (tertiary/aromatic N) is 1. The van der Waals surface area contributed by atoms with Crippen molar-refractivity contribution in [2.24, 2.45) is 0 Å². The highest BCUT2D eigenvalue weighted by Crippen LogP contribution is 2.34. The zero-order valence-electron chi connectivity index (χ0n) is 10.5. The van der Waals surface area contributed by atoms with Gasteiger partial charge in [0, 0.05) is 16.6 Å². The summed E-state index contributed by atoms with van der Waals surface area (Å²) in [5.74, 6) is -0.760. The van der Waals surface area contributed by atoms with Crippen molar-refractivity contribution in [3.63, 3.8) is 0 Å². The van der Waals surface area contributed by atoms with E-state index >= 15 is 0 Å². The number of aromatic nitrogens is 1. The van der Waals surface area contributed by atoms with Gasteiger partial charge in [0.2, 0.25) is 0 Å². The third kappa shape index (κ3) is 1.54. The van der Waals surface area contributed by atoms with Crippen LogP contribution in [0.4, 0.5) is 0 Å². The SMILES string of the molecule is CC(C(=O)O)n1c2c(c3ccccc31)CCCC2. The standard InChI is InChI=1S/C15H17NO2/c1-10(15(17)18)16-13-8-4-2-6-11(13)12-7-3-5-9-14(12)16/h2,4,6,8,10H,3,5,7,9H2,1H3,(H,17,18). The minimum atomic E-state index is -0.760. The first-order chi connectivity index (χ1) is 8.70. The first-order valence-corrected chi connectivity index (χ1v) is 6.53. The molecular formula is C15H17NO2. The Balaban J connectivity index is 2.32. The van der Waals surface area contributed by atoms with Crippen molar-refractivity contribution in [3.05, 3.63) is 35.5 Å². The number of para-hydroxylation sites is 1. The van der Waals surface area contributed by atoms with Crippen molar-refractivity contribution >= 4 is 16.9 Å². The Morgan fingerprint density at radius 1 is 1.28 bits per heavy atom. The molecule has 1 atom stereocenters. The average Bonchev–Trinajstić information content (AvgIpc) is 2.72. The number of carboxylic acids is 1. The second-order valence-corrected chi connectivity index (χ2v) is 5.03. The smallest absolute Gasteiger partial charge is 0.326 e. The molecule has 1 aliphatic carbocycles. The molecule has 0 saturated heterocycles. The van der Waals surface area contributed by atoms with E-state index in [0.717, 1.165) is 24.8 Å². The summed E-state index contributed by atoms with van der Waals surface area (Å²) in [7, 11) is 0. The third-order valence-electron chi connectivity index (χ3n) is 3.96. The highest BCUT2D eigenvalue weighted by Gasteiger charge is 2.24. The molecule has 1 N–H and O–H groups in total. The van der Waals surface area contributed by atoms with E-state index in [1.54, 1.807) is 6.92 Å². The molecule has 3 heteroatoms. The lowest BCUT2D eigenvalue weighted by atomic mass is 9.95. The fourth-order valence-electron chi connectivity index (χ4n) is 3.08. The number of aryl methyl sites for hydroxylation is 1. The van der Waals surface area contributed by atoms with E-state index in [-0.39, 0.29) is 0 Å². The van der Waals surface area contributed by atoms with Gasteiger partial charge in [-0.05, 0) is 44.2 Å². The van der Waals surface area contributed by atoms with Crippen molar-refractivity contribution in [2.75, 3.05) is 0 Å². The van der Waals surface area contributed by atoms with Crippen LogP contribution in [0, 0.1) is 0 Å². The number of aliphatic carboxylic acids is 1. The maximum atomic E-state index is 11.3. The predicted molar refractivity (Wildman–Crippen MR) is 70.9 cm³/mol. The van der Waals surface area contributed by atoms with Crippen LogP contribution in [-0.4, -0.2) is 15.6 Å². The third-order valence-corrected chi connectivity index (χ3v) is 3.96. The molecule has 0 amide bonds. The summed E-state index contributed by atoms with van der Waals surface area (Å²) in [5.41, 5.74) is 3.67. The molecule has 1 unspecified atom stereocenters. The van der Waals surface area contributed by atoms with Crippen molar-refractivity contribution in [1.82, 2.24) is 4.57 Å². The molecular weight excluding hydrogens is 226 g/mol. The minimum absolute atomic E-state index is 0.489. The first kappa shape index (κ1) is 11.3. The Bertz CT molecular complexity index is 612. The summed E-state index contributed by atoms with van der Waals surface area (Å²) in [4.78, 5) is 11.3. The molecule has 1 aliphatic rings. The Hall–Kier alpha value is -1.77. The van der Waals surface area contributed by atoms with E-state index in [9.17, 15) is 9.90 Å². The van der Waals surface area contributed by atoms with Crippen LogP contribution in [0.2, 0.25) is 0 Å². The first-order valence-electron chi connectivity index (χ1n) is 6.53. The Labute approximate surface area is 106 Å². The second kappa shape index (κ2) is 4.16. The van der Waals surface area contributed by atoms with Crippen LogP contribution in [0.5, 0.6) is 0 Å². The summed E-state index contributed by atoms with van der Waals surface area (Å²) in [6.45, 7) is 1.77. The van der Waals surface area contributed by atoms with Crippen LogP contribution in [-0.2, 0) is 17.6 Å². The molecule has 0 aliphatic heterocycles. The zero-order valence-corrected chi connectivity index (χ0v) is 10.5. The maximum absolute atomic E-state index is 11.3. The summed E-state index contributed by atoms with van der Waals surface area (Å²) in [6.07, 6.45) is 4.45. The number of rotatable bonds is 2. The van der Waals surface area contributed by atoms with Gasteiger partial charge in [0.25, 0.3) is 0 Å². The molecule has 2 aromatic rings. The number of hydrogen-bond donors (Lipinski definition) is 1. The summed E-state index contributed by atoms with van der Waals surface area (Å²) in [6, 6.07) is 7.68. The molecule has 0 bridgehead atoms. The van der Waals surface area contributed by atoms with Crippen LogP contribution in [0.25, 0.3) is 10.9 Å². The van der Waals surface area contributed by atoms with Gasteiger partial charge in [-0.1, -0.05) is 18.2 Å². The van der Waals surface area contributed by atoms with E-state index in [2.05, 4.69) is 6.07 Å². The van der Waals surface area contributed by atoms with Crippen molar-refractivity contribution in [2.45, 2.75) is 38.6 Å². The Morgan fingerprint density at radius 2 is 2.00 bits per heavy atom. The Morgan fingerprint density at radius 3 is 2.78 bits per heavy atom. The molecule has 18 heavy (non-hydrogen) atoms. The quantitative estimate of drug-likeness (QED) is 0.880. The lowest BCUT2D eigenvalue weighted by Crippen LogP contribution is -2.19. The summed E-state index contributed by atoms with van der Waals surface area (Å²) >= 11 is 0. The van der Waals surface area contributed by atoms with E-state index in [1.165, 1.54) is 23.1 Å². The zero-order chi connectivity index (χ0) is 12.7. The number of carboxylic acid groups (broad SMARTS) is 1. The monoisotopic (exact) mass is 243 g/mol. The van der Waals surface area contributed by atoms with E-state index in [1.807, 2.05) is 22.8 Å². The molecule has 1 aromatic heterocycles. The van der Waals surface area contributed by atoms with Crippen LogP contribution in [0.3, 0.4) is 0 Å². The molecule has 1 aromatic carbocycles. The molecule has 0 fully saturated rings. The Kier molecular flexibility index (Phi) is 2.62. The van der Waals surface area contributed by atoms with Gasteiger partial charge in [-0.15, -0.1) is 0 Å². The molecule has 0 saturated carbocycles. The lowest BCUT2D eigenvalue weighted by molar-refractivity contribution is -0.140. The number of carbonyl (C=O) groups is 1. The fraction of sp³-hybridized carbons (Fsp3) is 0.400. The van der Waals surface area contributed by atoms with Crippen LogP contribution in [0.1, 0.15) is 37.1 Å². The normalized spacial score (nSPS) is 16.5. The summed E-state index contributed by atoms with van der Waals surface area (Å²) < 4.78 is 2.02. The van der Waals surface area contributed by atoms with Crippen LogP contribution < -0.4 is 0 Å². The number of fused-ring (bicyclic) bond motifs is 3. The van der Waals surface area contributed by atoms with E-state index in [0.29, 0.717) is 0 Å². The fourth-order valence-corrected chi connectivity index (χ4v) is 3.08. The van der Waals surface area contributed by atoms with Crippen LogP contribution >= 0.6 is 0 Å². The molecule has 0 radical (unpaired) electrons. The summed E-state index contributed by atoms with van der Waals surface area (Å²) in [5, 5.41) is 10.5. The van der Waals surface area contributed by atoms with Gasteiger partial charge in [-0.25, -0.2) is 4.79 Å². The van der Waals surface area contributed by atoms with Gasteiger partial charge in [0.15, 0.2) is 0 Å². The highest BCUT2D eigenvalue weighted by molar-refractivity contribution is 5.88. The second-order valence-electron chi connectivity index (χ2n) is 5.03. The highest BCUT2D eigenvalue weighted by atomic mass is 16.4. The molecule has 0 spiro atoms. The average molecular weight is 243 g/mol. The van der Waals surface area contributed by atoms with Crippen molar-refractivity contribution in [3.8, 4) is 0 Å². The number of hydrogen-bond acceptors (Lipinski definition) is 1. The van der Waals surface area contributed by atoms with Crippen molar-refractivity contribution < 1.29 is 9.90 Å². The minimum Gasteiger partial charge on any atom is -0.480 e. The van der Waals surface area contributed by atoms with Gasteiger partial charge in [0.05, 0.1) is 0 Å². The largest absolute Gasteiger partial charge is 0.480 e. The van der Waals surface area contributed by atoms with Gasteiger partial charge in [-0.2, -0.15) is 0 Å². The molecule has 3 rings (SSSR count). The van der Waals surface area contributed by atoms with Gasteiger partial charge in [-0.3, -0.25) is 0 Å². The van der Waals surface area contributed by atoms with Gasteiger partial charge >= 0.3 is 5.97 Å². The van der Waals surface area contributed by atoms with Crippen molar-refractivity contribution in [1.29, 1.82) is 0 Å². The van der Waals surface area contributed by atoms with Gasteiger partial charge in [0.1, 0.15) is 6.04 Å². The molecule has 3 nitrogen and oxygen atoms in total. The topological polar surface area (TPSA) is 42.2 Å². The maximum Gasteiger partial charge on any atom is 0.326 e.